The van der Waals surface area contributed by atoms with Crippen molar-refractivity contribution < 1.29 is 9.15 Å². The van der Waals surface area contributed by atoms with Gasteiger partial charge in [0.25, 0.3) is 0 Å². The molecule has 1 N–H and O–H groups in total. The normalized spacial score (nSPS) is 11.8. The van der Waals surface area contributed by atoms with Crippen LogP contribution in [-0.4, -0.2) is 12.6 Å². The Morgan fingerprint density at radius 1 is 1.50 bits per heavy atom. The lowest BCUT2D eigenvalue weighted by Crippen LogP contribution is -2.21. The SMILES string of the molecule is CC=CCOCc1cc(CNC(C)C)co1. The molecule has 1 aromatic heterocycles. The van der Waals surface area contributed by atoms with Crippen molar-refractivity contribution in [3.8, 4) is 0 Å². The van der Waals surface area contributed by atoms with Crippen LogP contribution in [0.1, 0.15) is 32.1 Å². The van der Waals surface area contributed by atoms with Crippen molar-refractivity contribution in [3.63, 3.8) is 0 Å². The van der Waals surface area contributed by atoms with Gasteiger partial charge in [-0.05, 0) is 13.0 Å². The minimum absolute atomic E-state index is 0.490. The van der Waals surface area contributed by atoms with Crippen LogP contribution in [0.15, 0.2) is 28.9 Å². The topological polar surface area (TPSA) is 34.4 Å². The number of allylic oxidation sites excluding steroid dienone is 1. The maximum atomic E-state index is 5.40. The van der Waals surface area contributed by atoms with Gasteiger partial charge in [-0.3, -0.25) is 0 Å². The fraction of sp³-hybridized carbons (Fsp3) is 0.538. The maximum Gasteiger partial charge on any atom is 0.129 e. The molecular weight excluding hydrogens is 202 g/mol. The largest absolute Gasteiger partial charge is 0.467 e. The van der Waals surface area contributed by atoms with Crippen LogP contribution in [0.4, 0.5) is 0 Å². The van der Waals surface area contributed by atoms with Gasteiger partial charge in [-0.25, -0.2) is 0 Å². The highest BCUT2D eigenvalue weighted by molar-refractivity contribution is 5.12. The Hall–Kier alpha value is -1.06. The van der Waals surface area contributed by atoms with Crippen LogP contribution in [0, 0.1) is 0 Å². The molecule has 3 nitrogen and oxygen atoms in total. The first-order valence-electron chi connectivity index (χ1n) is 5.71. The van der Waals surface area contributed by atoms with Gasteiger partial charge in [0.1, 0.15) is 12.4 Å². The van der Waals surface area contributed by atoms with Gasteiger partial charge in [-0.2, -0.15) is 0 Å². The summed E-state index contributed by atoms with van der Waals surface area (Å²) in [7, 11) is 0. The monoisotopic (exact) mass is 223 g/mol. The average molecular weight is 223 g/mol. The highest BCUT2D eigenvalue weighted by Gasteiger charge is 2.02. The van der Waals surface area contributed by atoms with E-state index in [1.165, 1.54) is 5.56 Å². The van der Waals surface area contributed by atoms with Gasteiger partial charge >= 0.3 is 0 Å². The van der Waals surface area contributed by atoms with Crippen molar-refractivity contribution in [1.29, 1.82) is 0 Å². The fourth-order valence-corrected chi connectivity index (χ4v) is 1.24. The Bertz CT molecular complexity index is 315. The van der Waals surface area contributed by atoms with E-state index in [1.807, 2.05) is 25.1 Å². The van der Waals surface area contributed by atoms with Gasteiger partial charge in [0, 0.05) is 18.2 Å². The van der Waals surface area contributed by atoms with Crippen LogP contribution >= 0.6 is 0 Å². The second-order valence-electron chi connectivity index (χ2n) is 4.04. The van der Waals surface area contributed by atoms with Crippen LogP contribution in [0.3, 0.4) is 0 Å². The molecule has 0 aliphatic carbocycles. The van der Waals surface area contributed by atoms with E-state index in [0.717, 1.165) is 12.3 Å². The highest BCUT2D eigenvalue weighted by atomic mass is 16.5. The molecule has 0 amide bonds. The first kappa shape index (κ1) is 13.0. The molecule has 0 aromatic carbocycles. The third-order valence-corrected chi connectivity index (χ3v) is 2.12. The van der Waals surface area contributed by atoms with Crippen molar-refractivity contribution >= 4 is 0 Å². The summed E-state index contributed by atoms with van der Waals surface area (Å²) in [6.45, 7) is 8.24. The third kappa shape index (κ3) is 5.14. The second kappa shape index (κ2) is 7.25. The Kier molecular flexibility index (Phi) is 5.90. The summed E-state index contributed by atoms with van der Waals surface area (Å²) in [5.74, 6) is 0.880. The van der Waals surface area contributed by atoms with Crippen LogP contribution < -0.4 is 5.32 Å². The van der Waals surface area contributed by atoms with Crippen LogP contribution in [0.5, 0.6) is 0 Å². The molecule has 0 spiro atoms. The summed E-state index contributed by atoms with van der Waals surface area (Å²) in [5.41, 5.74) is 1.17. The number of hydrogen-bond donors (Lipinski definition) is 1. The number of furan rings is 1. The Morgan fingerprint density at radius 2 is 2.31 bits per heavy atom. The van der Waals surface area contributed by atoms with E-state index in [1.54, 1.807) is 6.26 Å². The number of hydrogen-bond acceptors (Lipinski definition) is 3. The van der Waals surface area contributed by atoms with Crippen molar-refractivity contribution in [3.05, 3.63) is 35.8 Å². The summed E-state index contributed by atoms with van der Waals surface area (Å²) in [4.78, 5) is 0. The van der Waals surface area contributed by atoms with Gasteiger partial charge < -0.3 is 14.5 Å². The van der Waals surface area contributed by atoms with Gasteiger partial charge in [0.2, 0.25) is 0 Å². The van der Waals surface area contributed by atoms with E-state index in [2.05, 4.69) is 19.2 Å². The molecule has 1 heterocycles. The van der Waals surface area contributed by atoms with E-state index in [4.69, 9.17) is 9.15 Å². The molecule has 0 atom stereocenters. The minimum Gasteiger partial charge on any atom is -0.467 e. The molecule has 1 aromatic rings. The lowest BCUT2D eigenvalue weighted by Gasteiger charge is -2.04. The predicted octanol–water partition coefficient (Wildman–Crippen LogP) is 2.87. The highest BCUT2D eigenvalue weighted by Crippen LogP contribution is 2.09. The number of nitrogens with one attached hydrogen (secondary N) is 1. The van der Waals surface area contributed by atoms with Crippen molar-refractivity contribution in [2.24, 2.45) is 0 Å². The molecule has 0 unspecified atom stereocenters. The molecule has 16 heavy (non-hydrogen) atoms. The van der Waals surface area contributed by atoms with E-state index >= 15 is 0 Å². The van der Waals surface area contributed by atoms with Gasteiger partial charge in [0.05, 0.1) is 12.9 Å². The zero-order valence-electron chi connectivity index (χ0n) is 10.3. The Balaban J connectivity index is 2.28. The van der Waals surface area contributed by atoms with E-state index in [9.17, 15) is 0 Å². The van der Waals surface area contributed by atoms with Gasteiger partial charge in [0.15, 0.2) is 0 Å². The zero-order chi connectivity index (χ0) is 11.8. The second-order valence-corrected chi connectivity index (χ2v) is 4.04. The van der Waals surface area contributed by atoms with Gasteiger partial charge in [-0.1, -0.05) is 26.0 Å². The molecule has 0 aliphatic rings. The maximum absolute atomic E-state index is 5.40. The molecule has 90 valence electrons. The van der Waals surface area contributed by atoms with Crippen molar-refractivity contribution in [2.75, 3.05) is 6.61 Å². The molecule has 0 bridgehead atoms. The molecule has 0 radical (unpaired) electrons. The quantitative estimate of drug-likeness (QED) is 0.570. The van der Waals surface area contributed by atoms with Crippen molar-refractivity contribution in [2.45, 2.75) is 40.0 Å². The summed E-state index contributed by atoms with van der Waals surface area (Å²) >= 11 is 0. The third-order valence-electron chi connectivity index (χ3n) is 2.12. The first-order chi connectivity index (χ1) is 7.72. The fourth-order valence-electron chi connectivity index (χ4n) is 1.24. The Labute approximate surface area is 97.5 Å². The molecular formula is C13H21NO2. The molecule has 0 saturated heterocycles. The summed E-state index contributed by atoms with van der Waals surface area (Å²) in [5, 5.41) is 3.34. The van der Waals surface area contributed by atoms with E-state index in [-0.39, 0.29) is 0 Å². The standard InChI is InChI=1S/C13H21NO2/c1-4-5-6-15-10-13-7-12(9-16-13)8-14-11(2)3/h4-5,7,9,11,14H,6,8,10H2,1-3H3. The molecule has 0 saturated carbocycles. The van der Waals surface area contributed by atoms with E-state index in [0.29, 0.717) is 19.3 Å². The Morgan fingerprint density at radius 3 is 3.00 bits per heavy atom. The van der Waals surface area contributed by atoms with E-state index < -0.39 is 0 Å². The first-order valence-corrected chi connectivity index (χ1v) is 5.71. The molecule has 1 rings (SSSR count). The molecule has 0 aliphatic heterocycles. The van der Waals surface area contributed by atoms with Crippen LogP contribution in [-0.2, 0) is 17.9 Å². The predicted molar refractivity (Wildman–Crippen MR) is 65.2 cm³/mol. The average Bonchev–Trinajstić information content (AvgIpc) is 2.70. The number of ether oxygens (including phenoxy) is 1. The van der Waals surface area contributed by atoms with Gasteiger partial charge in [-0.15, -0.1) is 0 Å². The van der Waals surface area contributed by atoms with Crippen molar-refractivity contribution in [1.82, 2.24) is 5.32 Å². The van der Waals surface area contributed by atoms with Crippen LogP contribution in [0.2, 0.25) is 0 Å². The minimum atomic E-state index is 0.490. The summed E-state index contributed by atoms with van der Waals surface area (Å²) < 4.78 is 10.8. The zero-order valence-corrected chi connectivity index (χ0v) is 10.3. The number of rotatable bonds is 7. The summed E-state index contributed by atoms with van der Waals surface area (Å²) in [6, 6.07) is 2.52. The smallest absolute Gasteiger partial charge is 0.129 e. The van der Waals surface area contributed by atoms with Crippen LogP contribution in [0.25, 0.3) is 0 Å². The molecule has 0 fully saturated rings. The lowest BCUT2D eigenvalue weighted by molar-refractivity contribution is 0.131. The summed E-state index contributed by atoms with van der Waals surface area (Å²) in [6.07, 6.45) is 5.73. The lowest BCUT2D eigenvalue weighted by atomic mass is 10.3. The molecule has 3 heteroatoms.